The molecule has 1 aromatic heterocycles. The molecule has 0 aliphatic heterocycles. The van der Waals surface area contributed by atoms with Crippen LogP contribution in [-0.2, 0) is 16.0 Å². The zero-order valence-electron chi connectivity index (χ0n) is 14.0. The van der Waals surface area contributed by atoms with E-state index in [2.05, 4.69) is 15.8 Å². The van der Waals surface area contributed by atoms with Crippen LogP contribution in [0.5, 0.6) is 0 Å². The van der Waals surface area contributed by atoms with Crippen molar-refractivity contribution in [3.63, 3.8) is 0 Å². The van der Waals surface area contributed by atoms with E-state index in [1.807, 2.05) is 37.3 Å². The average molecular weight is 327 g/mol. The predicted molar refractivity (Wildman–Crippen MR) is 90.3 cm³/mol. The van der Waals surface area contributed by atoms with E-state index in [-0.39, 0.29) is 5.91 Å². The second-order valence-electron chi connectivity index (χ2n) is 5.45. The van der Waals surface area contributed by atoms with Gasteiger partial charge in [0.15, 0.2) is 0 Å². The lowest BCUT2D eigenvalue weighted by atomic mass is 10.1. The molecule has 0 bridgehead atoms. The molecule has 2 aromatic rings. The summed E-state index contributed by atoms with van der Waals surface area (Å²) in [4.78, 5) is 28.5. The molecule has 1 aromatic carbocycles. The Morgan fingerprint density at radius 1 is 1.17 bits per heavy atom. The number of nitrogens with one attached hydrogen (secondary N) is 2. The number of methoxy groups -OCH3 is 1. The van der Waals surface area contributed by atoms with Gasteiger partial charge < -0.3 is 4.74 Å². The van der Waals surface area contributed by atoms with Crippen LogP contribution in [0, 0.1) is 13.8 Å². The highest BCUT2D eigenvalue weighted by Gasteiger charge is 2.21. The first-order valence-corrected chi connectivity index (χ1v) is 7.62. The third kappa shape index (κ3) is 4.39. The molecule has 0 aliphatic carbocycles. The molecule has 0 saturated heterocycles. The topological polar surface area (TPSA) is 80.3 Å². The molecule has 126 valence electrons. The number of hydrogen-bond acceptors (Lipinski definition) is 5. The minimum absolute atomic E-state index is 0.333. The van der Waals surface area contributed by atoms with Crippen LogP contribution in [0.2, 0.25) is 0 Å². The normalized spacial score (nSPS) is 11.6. The van der Waals surface area contributed by atoms with Crippen molar-refractivity contribution in [2.75, 3.05) is 7.11 Å². The van der Waals surface area contributed by atoms with E-state index in [1.54, 1.807) is 19.2 Å². The lowest BCUT2D eigenvalue weighted by Gasteiger charge is -2.18. The minimum Gasteiger partial charge on any atom is -0.468 e. The number of rotatable bonds is 6. The Kier molecular flexibility index (Phi) is 6.03. The van der Waals surface area contributed by atoms with Crippen molar-refractivity contribution in [2.24, 2.45) is 0 Å². The summed E-state index contributed by atoms with van der Waals surface area (Å²) >= 11 is 0. The zero-order chi connectivity index (χ0) is 17.5. The number of aryl methyl sites for hydroxylation is 2. The van der Waals surface area contributed by atoms with Crippen LogP contribution >= 0.6 is 0 Å². The fourth-order valence-corrected chi connectivity index (χ4v) is 2.44. The van der Waals surface area contributed by atoms with Gasteiger partial charge in [-0.05, 0) is 31.0 Å². The molecule has 6 nitrogen and oxygen atoms in total. The summed E-state index contributed by atoms with van der Waals surface area (Å²) in [6, 6.07) is 10.6. The zero-order valence-corrected chi connectivity index (χ0v) is 14.0. The molecule has 0 radical (unpaired) electrons. The van der Waals surface area contributed by atoms with Crippen LogP contribution in [0.1, 0.15) is 27.2 Å². The van der Waals surface area contributed by atoms with Gasteiger partial charge in [0.05, 0.1) is 18.4 Å². The molecule has 1 amide bonds. The first-order valence-electron chi connectivity index (χ1n) is 7.62. The second-order valence-corrected chi connectivity index (χ2v) is 5.45. The van der Waals surface area contributed by atoms with Gasteiger partial charge in [0.2, 0.25) is 0 Å². The molecule has 2 rings (SSSR count). The van der Waals surface area contributed by atoms with Gasteiger partial charge in [-0.25, -0.2) is 5.43 Å². The third-order valence-corrected chi connectivity index (χ3v) is 3.70. The van der Waals surface area contributed by atoms with Crippen molar-refractivity contribution in [1.29, 1.82) is 0 Å². The Morgan fingerprint density at radius 3 is 2.50 bits per heavy atom. The van der Waals surface area contributed by atoms with Gasteiger partial charge >= 0.3 is 5.97 Å². The van der Waals surface area contributed by atoms with Crippen LogP contribution in [0.3, 0.4) is 0 Å². The van der Waals surface area contributed by atoms with E-state index in [0.29, 0.717) is 17.7 Å². The van der Waals surface area contributed by atoms with E-state index in [1.165, 1.54) is 7.11 Å². The quantitative estimate of drug-likeness (QED) is 0.624. The molecule has 0 fully saturated rings. The Balaban J connectivity index is 2.07. The number of hydrogen-bond donors (Lipinski definition) is 2. The Hall–Kier alpha value is -2.73. The second kappa shape index (κ2) is 8.21. The van der Waals surface area contributed by atoms with Crippen LogP contribution in [0.15, 0.2) is 42.6 Å². The minimum atomic E-state index is -0.682. The lowest BCUT2D eigenvalue weighted by molar-refractivity contribution is -0.143. The van der Waals surface area contributed by atoms with E-state index in [9.17, 15) is 9.59 Å². The number of benzene rings is 1. The molecular formula is C18H21N3O3. The summed E-state index contributed by atoms with van der Waals surface area (Å²) in [5.41, 5.74) is 8.26. The van der Waals surface area contributed by atoms with E-state index >= 15 is 0 Å². The first-order chi connectivity index (χ1) is 11.5. The van der Waals surface area contributed by atoms with Crippen molar-refractivity contribution in [2.45, 2.75) is 26.3 Å². The molecule has 1 atom stereocenters. The van der Waals surface area contributed by atoms with E-state index < -0.39 is 12.0 Å². The number of amides is 1. The predicted octanol–water partition coefficient (Wildman–Crippen LogP) is 1.72. The summed E-state index contributed by atoms with van der Waals surface area (Å²) in [5.74, 6) is -0.779. The van der Waals surface area contributed by atoms with Crippen molar-refractivity contribution < 1.29 is 14.3 Å². The Morgan fingerprint density at radius 2 is 1.88 bits per heavy atom. The number of esters is 1. The number of ether oxygens (including phenoxy) is 1. The number of hydrazine groups is 1. The summed E-state index contributed by atoms with van der Waals surface area (Å²) in [5, 5.41) is 0. The van der Waals surface area contributed by atoms with Crippen LogP contribution in [-0.4, -0.2) is 30.0 Å². The first kappa shape index (κ1) is 17.6. The van der Waals surface area contributed by atoms with Gasteiger partial charge in [0, 0.05) is 12.6 Å². The van der Waals surface area contributed by atoms with Crippen molar-refractivity contribution >= 4 is 11.9 Å². The lowest BCUT2D eigenvalue weighted by Crippen LogP contribution is -2.50. The Labute approximate surface area is 141 Å². The summed E-state index contributed by atoms with van der Waals surface area (Å²) < 4.78 is 4.80. The number of pyridine rings is 1. The summed E-state index contributed by atoms with van der Waals surface area (Å²) in [6.07, 6.45) is 2.06. The number of aromatic nitrogens is 1. The SMILES string of the molecule is COC(=O)[C@H](Cc1ccccc1)NNC(=O)c1c(C)ccnc1C. The Bertz CT molecular complexity index is 696. The van der Waals surface area contributed by atoms with Crippen molar-refractivity contribution in [3.8, 4) is 0 Å². The van der Waals surface area contributed by atoms with Crippen molar-refractivity contribution in [1.82, 2.24) is 15.8 Å². The molecule has 0 spiro atoms. The highest BCUT2D eigenvalue weighted by molar-refractivity contribution is 5.96. The monoisotopic (exact) mass is 327 g/mol. The molecule has 24 heavy (non-hydrogen) atoms. The highest BCUT2D eigenvalue weighted by atomic mass is 16.5. The van der Waals surface area contributed by atoms with Gasteiger partial charge in [-0.3, -0.25) is 20.0 Å². The fraction of sp³-hybridized carbons (Fsp3) is 0.278. The van der Waals surface area contributed by atoms with Crippen LogP contribution in [0.4, 0.5) is 0 Å². The number of carbonyl (C=O) groups is 2. The molecule has 2 N–H and O–H groups in total. The van der Waals surface area contributed by atoms with Gasteiger partial charge in [-0.15, -0.1) is 0 Å². The van der Waals surface area contributed by atoms with Gasteiger partial charge in [-0.2, -0.15) is 0 Å². The van der Waals surface area contributed by atoms with E-state index in [0.717, 1.165) is 11.1 Å². The smallest absolute Gasteiger partial charge is 0.325 e. The fourth-order valence-electron chi connectivity index (χ4n) is 2.44. The molecule has 0 saturated carbocycles. The molecule has 1 heterocycles. The molecule has 6 heteroatoms. The number of carbonyl (C=O) groups excluding carboxylic acids is 2. The van der Waals surface area contributed by atoms with Crippen LogP contribution in [0.25, 0.3) is 0 Å². The van der Waals surface area contributed by atoms with Gasteiger partial charge in [0.1, 0.15) is 6.04 Å². The maximum Gasteiger partial charge on any atom is 0.325 e. The third-order valence-electron chi connectivity index (χ3n) is 3.70. The average Bonchev–Trinajstić information content (AvgIpc) is 2.58. The van der Waals surface area contributed by atoms with Gasteiger partial charge in [-0.1, -0.05) is 30.3 Å². The molecule has 0 aliphatic rings. The summed E-state index contributed by atoms with van der Waals surface area (Å²) in [7, 11) is 1.32. The molecule has 0 unspecified atom stereocenters. The van der Waals surface area contributed by atoms with E-state index in [4.69, 9.17) is 4.74 Å². The maximum atomic E-state index is 12.4. The maximum absolute atomic E-state index is 12.4. The largest absolute Gasteiger partial charge is 0.468 e. The van der Waals surface area contributed by atoms with Crippen LogP contribution < -0.4 is 10.9 Å². The van der Waals surface area contributed by atoms with Gasteiger partial charge in [0.25, 0.3) is 5.91 Å². The number of nitrogens with zero attached hydrogens (tertiary/aromatic N) is 1. The summed E-state index contributed by atoms with van der Waals surface area (Å²) in [6.45, 7) is 3.61. The highest BCUT2D eigenvalue weighted by Crippen LogP contribution is 2.10. The van der Waals surface area contributed by atoms with Crippen molar-refractivity contribution in [3.05, 3.63) is 65.0 Å². The molecular weight excluding hydrogens is 306 g/mol. The standard InChI is InChI=1S/C18H21N3O3/c1-12-9-10-19-13(2)16(12)17(22)21-20-15(18(23)24-3)11-14-7-5-4-6-8-14/h4-10,15,20H,11H2,1-3H3,(H,21,22)/t15-/m0/s1.